The summed E-state index contributed by atoms with van der Waals surface area (Å²) in [6.07, 6.45) is 1.09. The Morgan fingerprint density at radius 2 is 1.87 bits per heavy atom. The summed E-state index contributed by atoms with van der Waals surface area (Å²) < 4.78 is 0. The Morgan fingerprint density at radius 3 is 2.33 bits per heavy atom. The van der Waals surface area contributed by atoms with E-state index >= 15 is 0 Å². The van der Waals surface area contributed by atoms with Crippen molar-refractivity contribution in [1.82, 2.24) is 5.32 Å². The predicted octanol–water partition coefficient (Wildman–Crippen LogP) is 2.46. The van der Waals surface area contributed by atoms with Crippen LogP contribution in [0.3, 0.4) is 0 Å². The molecule has 0 saturated heterocycles. The first kappa shape index (κ1) is 12.2. The molecule has 2 nitrogen and oxygen atoms in total. The minimum atomic E-state index is 0.139. The van der Waals surface area contributed by atoms with Crippen LogP contribution in [0.1, 0.15) is 38.8 Å². The van der Waals surface area contributed by atoms with Crippen LogP contribution in [0.2, 0.25) is 0 Å². The number of benzene rings is 1. The van der Waals surface area contributed by atoms with Gasteiger partial charge in [-0.05, 0) is 25.8 Å². The SMILES string of the molecule is CCC(C)(C)NC(CN)c1ccccc1. The fourth-order valence-corrected chi connectivity index (χ4v) is 1.54. The molecule has 3 N–H and O–H groups in total. The molecule has 0 spiro atoms. The van der Waals surface area contributed by atoms with Crippen LogP contribution in [0.5, 0.6) is 0 Å². The van der Waals surface area contributed by atoms with Gasteiger partial charge in [-0.15, -0.1) is 0 Å². The molecule has 0 bridgehead atoms. The highest BCUT2D eigenvalue weighted by Gasteiger charge is 2.19. The zero-order valence-electron chi connectivity index (χ0n) is 9.96. The standard InChI is InChI=1S/C13H22N2/c1-4-13(2,3)15-12(10-14)11-8-6-5-7-9-11/h5-9,12,15H,4,10,14H2,1-3H3. The van der Waals surface area contributed by atoms with Crippen LogP contribution in [-0.2, 0) is 0 Å². The van der Waals surface area contributed by atoms with Gasteiger partial charge in [0.15, 0.2) is 0 Å². The van der Waals surface area contributed by atoms with Crippen molar-refractivity contribution in [3.05, 3.63) is 35.9 Å². The molecule has 0 saturated carbocycles. The second-order valence-corrected chi connectivity index (χ2v) is 4.58. The topological polar surface area (TPSA) is 38.0 Å². The van der Waals surface area contributed by atoms with E-state index in [-0.39, 0.29) is 11.6 Å². The normalized spacial score (nSPS) is 13.9. The second kappa shape index (κ2) is 5.29. The third-order valence-electron chi connectivity index (χ3n) is 2.89. The van der Waals surface area contributed by atoms with Gasteiger partial charge < -0.3 is 11.1 Å². The van der Waals surface area contributed by atoms with Gasteiger partial charge in [0.2, 0.25) is 0 Å². The first-order valence-electron chi connectivity index (χ1n) is 5.62. The number of rotatable bonds is 5. The number of hydrogen-bond donors (Lipinski definition) is 2. The average Bonchev–Trinajstić information content (AvgIpc) is 2.27. The quantitative estimate of drug-likeness (QED) is 0.776. The smallest absolute Gasteiger partial charge is 0.0448 e. The van der Waals surface area contributed by atoms with E-state index in [4.69, 9.17) is 5.73 Å². The van der Waals surface area contributed by atoms with Crippen molar-refractivity contribution in [2.24, 2.45) is 5.73 Å². The largest absolute Gasteiger partial charge is 0.329 e. The van der Waals surface area contributed by atoms with Crippen molar-refractivity contribution in [3.63, 3.8) is 0 Å². The highest BCUT2D eigenvalue weighted by Crippen LogP contribution is 2.17. The number of nitrogens with two attached hydrogens (primary N) is 1. The lowest BCUT2D eigenvalue weighted by Gasteiger charge is -2.30. The van der Waals surface area contributed by atoms with E-state index < -0.39 is 0 Å². The first-order chi connectivity index (χ1) is 7.09. The molecule has 84 valence electrons. The van der Waals surface area contributed by atoms with Crippen molar-refractivity contribution in [2.75, 3.05) is 6.54 Å². The van der Waals surface area contributed by atoms with E-state index in [0.29, 0.717) is 6.54 Å². The van der Waals surface area contributed by atoms with Crippen LogP contribution in [0.15, 0.2) is 30.3 Å². The van der Waals surface area contributed by atoms with Crippen molar-refractivity contribution in [2.45, 2.75) is 38.8 Å². The molecule has 0 aliphatic carbocycles. The Hall–Kier alpha value is -0.860. The van der Waals surface area contributed by atoms with Gasteiger partial charge in [0.1, 0.15) is 0 Å². The summed E-state index contributed by atoms with van der Waals surface area (Å²) in [5.41, 5.74) is 7.21. The summed E-state index contributed by atoms with van der Waals surface area (Å²) in [6.45, 7) is 7.23. The zero-order chi connectivity index (χ0) is 11.3. The second-order valence-electron chi connectivity index (χ2n) is 4.58. The van der Waals surface area contributed by atoms with Crippen molar-refractivity contribution < 1.29 is 0 Å². The van der Waals surface area contributed by atoms with Crippen LogP contribution in [-0.4, -0.2) is 12.1 Å². The fourth-order valence-electron chi connectivity index (χ4n) is 1.54. The average molecular weight is 206 g/mol. The third-order valence-corrected chi connectivity index (χ3v) is 2.89. The predicted molar refractivity (Wildman–Crippen MR) is 65.7 cm³/mol. The molecule has 1 atom stereocenters. The fraction of sp³-hybridized carbons (Fsp3) is 0.538. The summed E-state index contributed by atoms with van der Waals surface area (Å²) in [5, 5.41) is 3.58. The molecule has 0 aliphatic heterocycles. The molecule has 1 aromatic rings. The molecule has 0 aromatic heterocycles. The molecule has 1 unspecified atom stereocenters. The minimum absolute atomic E-state index is 0.139. The summed E-state index contributed by atoms with van der Waals surface area (Å²) >= 11 is 0. The maximum absolute atomic E-state index is 5.80. The maximum Gasteiger partial charge on any atom is 0.0448 e. The molecular weight excluding hydrogens is 184 g/mol. The highest BCUT2D eigenvalue weighted by atomic mass is 15.0. The van der Waals surface area contributed by atoms with Gasteiger partial charge >= 0.3 is 0 Å². The molecule has 0 radical (unpaired) electrons. The monoisotopic (exact) mass is 206 g/mol. The molecule has 15 heavy (non-hydrogen) atoms. The Bertz CT molecular complexity index is 280. The van der Waals surface area contributed by atoms with E-state index in [9.17, 15) is 0 Å². The van der Waals surface area contributed by atoms with E-state index in [1.54, 1.807) is 0 Å². The Labute approximate surface area is 92.9 Å². The van der Waals surface area contributed by atoms with Crippen LogP contribution >= 0.6 is 0 Å². The molecule has 0 heterocycles. The Morgan fingerprint density at radius 1 is 1.27 bits per heavy atom. The van der Waals surface area contributed by atoms with E-state index in [0.717, 1.165) is 6.42 Å². The van der Waals surface area contributed by atoms with Gasteiger partial charge in [-0.2, -0.15) is 0 Å². The minimum Gasteiger partial charge on any atom is -0.329 e. The molecule has 1 aromatic carbocycles. The van der Waals surface area contributed by atoms with Crippen molar-refractivity contribution >= 4 is 0 Å². The Kier molecular flexibility index (Phi) is 4.30. The number of nitrogens with one attached hydrogen (secondary N) is 1. The zero-order valence-corrected chi connectivity index (χ0v) is 9.96. The van der Waals surface area contributed by atoms with E-state index in [1.807, 2.05) is 6.07 Å². The highest BCUT2D eigenvalue weighted by molar-refractivity contribution is 5.19. The summed E-state index contributed by atoms with van der Waals surface area (Å²) in [5.74, 6) is 0. The lowest BCUT2D eigenvalue weighted by atomic mass is 9.98. The van der Waals surface area contributed by atoms with E-state index in [2.05, 4.69) is 50.4 Å². The van der Waals surface area contributed by atoms with Gasteiger partial charge in [0.25, 0.3) is 0 Å². The van der Waals surface area contributed by atoms with Crippen LogP contribution in [0.4, 0.5) is 0 Å². The van der Waals surface area contributed by atoms with Crippen molar-refractivity contribution in [1.29, 1.82) is 0 Å². The third kappa shape index (κ3) is 3.65. The van der Waals surface area contributed by atoms with Gasteiger partial charge in [0.05, 0.1) is 0 Å². The van der Waals surface area contributed by atoms with E-state index in [1.165, 1.54) is 5.56 Å². The lowest BCUT2D eigenvalue weighted by molar-refractivity contribution is 0.329. The van der Waals surface area contributed by atoms with Gasteiger partial charge in [-0.25, -0.2) is 0 Å². The van der Waals surface area contributed by atoms with Gasteiger partial charge in [-0.3, -0.25) is 0 Å². The van der Waals surface area contributed by atoms with Crippen molar-refractivity contribution in [3.8, 4) is 0 Å². The number of hydrogen-bond acceptors (Lipinski definition) is 2. The summed E-state index contributed by atoms with van der Waals surface area (Å²) in [7, 11) is 0. The van der Waals surface area contributed by atoms with Gasteiger partial charge in [0, 0.05) is 18.1 Å². The van der Waals surface area contributed by atoms with Crippen LogP contribution < -0.4 is 11.1 Å². The van der Waals surface area contributed by atoms with Crippen LogP contribution in [0.25, 0.3) is 0 Å². The maximum atomic E-state index is 5.80. The lowest BCUT2D eigenvalue weighted by Crippen LogP contribution is -2.43. The van der Waals surface area contributed by atoms with Gasteiger partial charge in [-0.1, -0.05) is 37.3 Å². The molecule has 2 heteroatoms. The summed E-state index contributed by atoms with van der Waals surface area (Å²) in [4.78, 5) is 0. The molecular formula is C13H22N2. The Balaban J connectivity index is 2.73. The molecule has 1 rings (SSSR count). The molecule has 0 amide bonds. The van der Waals surface area contributed by atoms with Crippen LogP contribution in [0, 0.1) is 0 Å². The molecule has 0 fully saturated rings. The summed E-state index contributed by atoms with van der Waals surface area (Å²) in [6, 6.07) is 10.6. The molecule has 0 aliphatic rings. The first-order valence-corrected chi connectivity index (χ1v) is 5.62.